The minimum absolute atomic E-state index is 0.171. The summed E-state index contributed by atoms with van der Waals surface area (Å²) in [5.41, 5.74) is 4.07. The predicted molar refractivity (Wildman–Crippen MR) is 118 cm³/mol. The Labute approximate surface area is 179 Å². The molecular formula is C25H21FN2O3. The molecule has 31 heavy (non-hydrogen) atoms. The normalized spacial score (nSPS) is 13.7. The van der Waals surface area contributed by atoms with Gasteiger partial charge in [-0.15, -0.1) is 0 Å². The Morgan fingerprint density at radius 3 is 2.03 bits per heavy atom. The molecular weight excluding hydrogens is 395 g/mol. The average Bonchev–Trinajstić information content (AvgIpc) is 2.98. The van der Waals surface area contributed by atoms with Crippen molar-refractivity contribution in [3.63, 3.8) is 0 Å². The lowest BCUT2D eigenvalue weighted by molar-refractivity contribution is -0.120. The number of hydrogen-bond acceptors (Lipinski definition) is 4. The first-order valence-corrected chi connectivity index (χ1v) is 9.76. The van der Waals surface area contributed by atoms with Gasteiger partial charge in [-0.25, -0.2) is 9.29 Å². The first-order chi connectivity index (χ1) is 14.9. The van der Waals surface area contributed by atoms with Crippen molar-refractivity contribution in [2.45, 2.75) is 13.8 Å². The maximum atomic E-state index is 13.4. The van der Waals surface area contributed by atoms with E-state index in [9.17, 15) is 14.0 Å². The van der Waals surface area contributed by atoms with Gasteiger partial charge in [0.2, 0.25) is 0 Å². The number of anilines is 2. The lowest BCUT2D eigenvalue weighted by Crippen LogP contribution is -2.32. The molecule has 1 aliphatic heterocycles. The number of nitrogens with one attached hydrogen (secondary N) is 1. The van der Waals surface area contributed by atoms with Gasteiger partial charge >= 0.3 is 0 Å². The molecule has 0 radical (unpaired) electrons. The van der Waals surface area contributed by atoms with Crippen LogP contribution in [0.5, 0.6) is 5.75 Å². The summed E-state index contributed by atoms with van der Waals surface area (Å²) in [6.45, 7) is 3.92. The Morgan fingerprint density at radius 2 is 1.45 bits per heavy atom. The summed E-state index contributed by atoms with van der Waals surface area (Å²) in [4.78, 5) is 27.8. The monoisotopic (exact) mass is 416 g/mol. The average molecular weight is 416 g/mol. The Kier molecular flexibility index (Phi) is 5.29. The van der Waals surface area contributed by atoms with Gasteiger partial charge in [-0.1, -0.05) is 18.2 Å². The number of carbonyl (C=O) groups is 2. The van der Waals surface area contributed by atoms with Crippen LogP contribution in [-0.4, -0.2) is 18.9 Å². The fourth-order valence-corrected chi connectivity index (χ4v) is 3.69. The molecule has 0 atom stereocenters. The van der Waals surface area contributed by atoms with E-state index in [0.29, 0.717) is 22.7 Å². The highest BCUT2D eigenvalue weighted by Crippen LogP contribution is 2.34. The van der Waals surface area contributed by atoms with Crippen LogP contribution in [0, 0.1) is 19.7 Å². The molecule has 1 heterocycles. The van der Waals surface area contributed by atoms with Crippen LogP contribution in [0.2, 0.25) is 0 Å². The van der Waals surface area contributed by atoms with E-state index in [-0.39, 0.29) is 11.3 Å². The second-order valence-corrected chi connectivity index (χ2v) is 7.40. The second-order valence-electron chi connectivity index (χ2n) is 7.40. The fourth-order valence-electron chi connectivity index (χ4n) is 3.69. The van der Waals surface area contributed by atoms with Crippen molar-refractivity contribution >= 4 is 28.8 Å². The molecule has 3 aromatic carbocycles. The molecule has 3 aromatic rings. The number of amides is 2. The zero-order valence-electron chi connectivity index (χ0n) is 17.4. The van der Waals surface area contributed by atoms with Crippen LogP contribution < -0.4 is 15.0 Å². The first kappa shape index (κ1) is 20.3. The highest BCUT2D eigenvalue weighted by molar-refractivity contribution is 6.46. The third-order valence-corrected chi connectivity index (χ3v) is 5.04. The van der Waals surface area contributed by atoms with Gasteiger partial charge in [-0.3, -0.25) is 9.59 Å². The van der Waals surface area contributed by atoms with Gasteiger partial charge in [0, 0.05) is 5.69 Å². The number of imide groups is 1. The van der Waals surface area contributed by atoms with E-state index >= 15 is 0 Å². The summed E-state index contributed by atoms with van der Waals surface area (Å²) >= 11 is 0. The Hall–Kier alpha value is -3.93. The van der Waals surface area contributed by atoms with Gasteiger partial charge in [0.05, 0.1) is 18.4 Å². The summed E-state index contributed by atoms with van der Waals surface area (Å²) in [7, 11) is 1.56. The maximum Gasteiger partial charge on any atom is 0.282 e. The van der Waals surface area contributed by atoms with Crippen molar-refractivity contribution in [2.24, 2.45) is 0 Å². The highest BCUT2D eigenvalue weighted by Gasteiger charge is 2.40. The van der Waals surface area contributed by atoms with Crippen LogP contribution in [0.3, 0.4) is 0 Å². The molecule has 0 unspecified atom stereocenters. The van der Waals surface area contributed by atoms with E-state index in [2.05, 4.69) is 5.32 Å². The van der Waals surface area contributed by atoms with Crippen molar-refractivity contribution in [2.75, 3.05) is 17.3 Å². The lowest BCUT2D eigenvalue weighted by Gasteiger charge is -2.15. The number of benzene rings is 3. The Balaban J connectivity index is 1.82. The zero-order valence-corrected chi connectivity index (χ0v) is 17.4. The van der Waals surface area contributed by atoms with Gasteiger partial charge in [0.25, 0.3) is 11.8 Å². The number of ether oxygens (including phenoxy) is 1. The van der Waals surface area contributed by atoms with Gasteiger partial charge in [-0.2, -0.15) is 0 Å². The van der Waals surface area contributed by atoms with Crippen molar-refractivity contribution in [3.8, 4) is 5.75 Å². The van der Waals surface area contributed by atoms with Crippen molar-refractivity contribution in [1.29, 1.82) is 0 Å². The van der Waals surface area contributed by atoms with Crippen molar-refractivity contribution < 1.29 is 18.7 Å². The van der Waals surface area contributed by atoms with Crippen LogP contribution in [0.25, 0.3) is 5.57 Å². The molecule has 1 N–H and O–H groups in total. The quantitative estimate of drug-likeness (QED) is 0.604. The van der Waals surface area contributed by atoms with Crippen LogP contribution in [0.15, 0.2) is 72.4 Å². The maximum absolute atomic E-state index is 13.4. The van der Waals surface area contributed by atoms with Gasteiger partial charge < -0.3 is 10.1 Å². The molecule has 0 spiro atoms. The summed E-state index contributed by atoms with van der Waals surface area (Å²) in [5, 5.41) is 3.15. The molecule has 2 amide bonds. The highest BCUT2D eigenvalue weighted by atomic mass is 19.1. The number of hydrogen-bond donors (Lipinski definition) is 1. The first-order valence-electron chi connectivity index (χ1n) is 9.76. The third kappa shape index (κ3) is 3.92. The molecule has 1 aliphatic rings. The van der Waals surface area contributed by atoms with Gasteiger partial charge in [-0.05, 0) is 79.1 Å². The molecule has 0 aromatic heterocycles. The van der Waals surface area contributed by atoms with E-state index in [1.165, 1.54) is 24.3 Å². The minimum atomic E-state index is -0.499. The zero-order chi connectivity index (χ0) is 22.1. The summed E-state index contributed by atoms with van der Waals surface area (Å²) in [6.07, 6.45) is 0. The van der Waals surface area contributed by atoms with Crippen molar-refractivity contribution in [3.05, 3.63) is 94.9 Å². The third-order valence-electron chi connectivity index (χ3n) is 5.04. The summed E-state index contributed by atoms with van der Waals surface area (Å²) < 4.78 is 18.6. The van der Waals surface area contributed by atoms with Crippen LogP contribution in [0.4, 0.5) is 15.8 Å². The van der Waals surface area contributed by atoms with E-state index in [1.54, 1.807) is 31.4 Å². The molecule has 0 fully saturated rings. The standard InChI is InChI=1S/C25H21FN2O3/c1-15-12-16(2)14-19(13-15)27-23-22(17-4-10-21(31-3)11-5-17)24(29)28(25(23)30)20-8-6-18(26)7-9-20/h4-14,27H,1-3H3. The van der Waals surface area contributed by atoms with E-state index in [1.807, 2.05) is 32.0 Å². The largest absolute Gasteiger partial charge is 0.497 e. The minimum Gasteiger partial charge on any atom is -0.497 e. The Bertz CT molecular complexity index is 1180. The molecule has 4 rings (SSSR count). The number of aryl methyl sites for hydroxylation is 2. The number of methoxy groups -OCH3 is 1. The van der Waals surface area contributed by atoms with E-state index in [0.717, 1.165) is 16.0 Å². The molecule has 5 nitrogen and oxygen atoms in total. The smallest absolute Gasteiger partial charge is 0.282 e. The lowest BCUT2D eigenvalue weighted by atomic mass is 10.0. The predicted octanol–water partition coefficient (Wildman–Crippen LogP) is 4.85. The van der Waals surface area contributed by atoms with Crippen LogP contribution >= 0.6 is 0 Å². The molecule has 0 saturated heterocycles. The SMILES string of the molecule is COc1ccc(C2=C(Nc3cc(C)cc(C)c3)C(=O)N(c3ccc(F)cc3)C2=O)cc1. The summed E-state index contributed by atoms with van der Waals surface area (Å²) in [5.74, 6) is -0.782. The number of nitrogens with zero attached hydrogens (tertiary/aromatic N) is 1. The van der Waals surface area contributed by atoms with Gasteiger partial charge in [0.15, 0.2) is 0 Å². The molecule has 6 heteroatoms. The topological polar surface area (TPSA) is 58.6 Å². The van der Waals surface area contributed by atoms with Gasteiger partial charge in [0.1, 0.15) is 17.3 Å². The Morgan fingerprint density at radius 1 is 0.839 bits per heavy atom. The van der Waals surface area contributed by atoms with E-state index < -0.39 is 17.6 Å². The molecule has 156 valence electrons. The second kappa shape index (κ2) is 8.07. The number of rotatable bonds is 5. The molecule has 0 aliphatic carbocycles. The molecule has 0 bridgehead atoms. The summed E-state index contributed by atoms with van der Waals surface area (Å²) in [6, 6.07) is 18.0. The number of halogens is 1. The van der Waals surface area contributed by atoms with Crippen LogP contribution in [-0.2, 0) is 9.59 Å². The fraction of sp³-hybridized carbons (Fsp3) is 0.120. The van der Waals surface area contributed by atoms with Crippen LogP contribution in [0.1, 0.15) is 16.7 Å². The number of carbonyl (C=O) groups excluding carboxylic acids is 2. The van der Waals surface area contributed by atoms with Crippen molar-refractivity contribution in [1.82, 2.24) is 0 Å². The molecule has 0 saturated carbocycles. The van der Waals surface area contributed by atoms with E-state index in [4.69, 9.17) is 4.74 Å².